The maximum atomic E-state index is 11.8. The zero-order chi connectivity index (χ0) is 12.3. The summed E-state index contributed by atoms with van der Waals surface area (Å²) in [6.07, 6.45) is 1.37. The molecule has 17 heavy (non-hydrogen) atoms. The maximum absolute atomic E-state index is 11.8. The molecule has 92 valence electrons. The summed E-state index contributed by atoms with van der Waals surface area (Å²) >= 11 is 0. The normalized spacial score (nSPS) is 16.7. The van der Waals surface area contributed by atoms with Crippen molar-refractivity contribution in [2.45, 2.75) is 12.8 Å². The smallest absolute Gasteiger partial charge is 0.353 e. The van der Waals surface area contributed by atoms with E-state index in [-0.39, 0.29) is 23.3 Å². The number of carbonyl (C=O) groups excluding carboxylic acids is 1. The fourth-order valence-electron chi connectivity index (χ4n) is 1.68. The van der Waals surface area contributed by atoms with Gasteiger partial charge in [0.1, 0.15) is 5.69 Å². The van der Waals surface area contributed by atoms with Gasteiger partial charge in [0, 0.05) is 25.2 Å². The Kier molecular flexibility index (Phi) is 3.38. The van der Waals surface area contributed by atoms with Crippen LogP contribution in [-0.4, -0.2) is 40.4 Å². The number of carboxylic acids is 1. The molecule has 0 radical (unpaired) electrons. The number of nitrogens with zero attached hydrogens (tertiary/aromatic N) is 1. The number of carboxylic acid groups (broad SMARTS) is 1. The van der Waals surface area contributed by atoms with Crippen LogP contribution >= 0.6 is 0 Å². The van der Waals surface area contributed by atoms with Crippen LogP contribution in [-0.2, 0) is 9.53 Å². The van der Waals surface area contributed by atoms with Crippen LogP contribution in [0.4, 0.5) is 5.82 Å². The van der Waals surface area contributed by atoms with Gasteiger partial charge in [-0.1, -0.05) is 0 Å². The fraction of sp³-hybridized carbons (Fsp3) is 0.500. The highest BCUT2D eigenvalue weighted by molar-refractivity contribution is 5.93. The van der Waals surface area contributed by atoms with Gasteiger partial charge in [-0.2, -0.15) is 5.10 Å². The van der Waals surface area contributed by atoms with E-state index >= 15 is 0 Å². The zero-order valence-electron chi connectivity index (χ0n) is 9.10. The molecule has 1 fully saturated rings. The molecule has 1 aromatic heterocycles. The molecule has 7 nitrogen and oxygen atoms in total. The van der Waals surface area contributed by atoms with E-state index in [1.807, 2.05) is 0 Å². The number of aromatic carboxylic acids is 1. The molecule has 1 amide bonds. The Balaban J connectivity index is 1.94. The summed E-state index contributed by atoms with van der Waals surface area (Å²) < 4.78 is 5.16. The number of aromatic nitrogens is 2. The number of hydrogen-bond donors (Lipinski definition) is 3. The van der Waals surface area contributed by atoms with Crippen LogP contribution in [0.2, 0.25) is 0 Å². The Morgan fingerprint density at radius 3 is 2.76 bits per heavy atom. The molecule has 0 unspecified atom stereocenters. The van der Waals surface area contributed by atoms with Crippen molar-refractivity contribution in [3.05, 3.63) is 11.8 Å². The minimum Gasteiger partial charge on any atom is -0.477 e. The van der Waals surface area contributed by atoms with Crippen LogP contribution in [0.5, 0.6) is 0 Å². The van der Waals surface area contributed by atoms with Crippen molar-refractivity contribution in [2.24, 2.45) is 5.92 Å². The van der Waals surface area contributed by atoms with Gasteiger partial charge in [0.05, 0.1) is 0 Å². The van der Waals surface area contributed by atoms with Crippen molar-refractivity contribution in [3.63, 3.8) is 0 Å². The highest BCUT2D eigenvalue weighted by atomic mass is 16.5. The molecule has 0 bridgehead atoms. The van der Waals surface area contributed by atoms with Gasteiger partial charge < -0.3 is 15.2 Å². The third-order valence-corrected chi connectivity index (χ3v) is 2.65. The maximum Gasteiger partial charge on any atom is 0.353 e. The standard InChI is InChI=1S/C10H13N3O4/c14-9(6-1-3-17-4-2-6)11-8-5-7(10(15)16)12-13-8/h5-6H,1-4H2,(H,15,16)(H2,11,12,13,14). The van der Waals surface area contributed by atoms with Gasteiger partial charge in [0.25, 0.3) is 0 Å². The number of aromatic amines is 1. The van der Waals surface area contributed by atoms with Crippen molar-refractivity contribution in [1.82, 2.24) is 10.2 Å². The number of anilines is 1. The first kappa shape index (κ1) is 11.6. The van der Waals surface area contributed by atoms with Gasteiger partial charge in [0.2, 0.25) is 5.91 Å². The second-order valence-corrected chi connectivity index (χ2v) is 3.85. The van der Waals surface area contributed by atoms with E-state index in [0.717, 1.165) is 0 Å². The molecule has 3 N–H and O–H groups in total. The van der Waals surface area contributed by atoms with Gasteiger partial charge in [-0.25, -0.2) is 4.79 Å². The van der Waals surface area contributed by atoms with Crippen molar-refractivity contribution in [1.29, 1.82) is 0 Å². The lowest BCUT2D eigenvalue weighted by Gasteiger charge is -2.20. The number of ether oxygens (including phenoxy) is 1. The Labute approximate surface area is 97.2 Å². The molecule has 1 aliphatic heterocycles. The number of carbonyl (C=O) groups is 2. The van der Waals surface area contributed by atoms with Crippen molar-refractivity contribution < 1.29 is 19.4 Å². The Morgan fingerprint density at radius 1 is 1.47 bits per heavy atom. The number of amides is 1. The van der Waals surface area contributed by atoms with Gasteiger partial charge >= 0.3 is 5.97 Å². The quantitative estimate of drug-likeness (QED) is 0.711. The van der Waals surface area contributed by atoms with Crippen LogP contribution < -0.4 is 5.32 Å². The summed E-state index contributed by atoms with van der Waals surface area (Å²) in [6, 6.07) is 1.29. The van der Waals surface area contributed by atoms with Crippen LogP contribution in [0, 0.1) is 5.92 Å². The minimum atomic E-state index is -1.11. The Morgan fingerprint density at radius 2 is 2.18 bits per heavy atom. The predicted molar refractivity (Wildman–Crippen MR) is 57.7 cm³/mol. The monoisotopic (exact) mass is 239 g/mol. The largest absolute Gasteiger partial charge is 0.477 e. The average molecular weight is 239 g/mol. The molecule has 1 saturated heterocycles. The Hall–Kier alpha value is -1.89. The summed E-state index contributed by atoms with van der Waals surface area (Å²) in [4.78, 5) is 22.4. The van der Waals surface area contributed by atoms with Gasteiger partial charge in [-0.05, 0) is 12.8 Å². The molecule has 0 spiro atoms. The number of H-pyrrole nitrogens is 1. The predicted octanol–water partition coefficient (Wildman–Crippen LogP) is 0.473. The van der Waals surface area contributed by atoms with Crippen LogP contribution in [0.25, 0.3) is 0 Å². The van der Waals surface area contributed by atoms with Gasteiger partial charge in [0.15, 0.2) is 5.82 Å². The van der Waals surface area contributed by atoms with E-state index in [2.05, 4.69) is 15.5 Å². The number of rotatable bonds is 3. The lowest BCUT2D eigenvalue weighted by atomic mass is 9.99. The third kappa shape index (κ3) is 2.82. The van der Waals surface area contributed by atoms with Crippen LogP contribution in [0.1, 0.15) is 23.3 Å². The molecule has 0 saturated carbocycles. The van der Waals surface area contributed by atoms with E-state index in [0.29, 0.717) is 26.1 Å². The molecular formula is C10H13N3O4. The first-order chi connectivity index (χ1) is 8.16. The molecule has 1 aliphatic rings. The molecule has 0 aromatic carbocycles. The molecular weight excluding hydrogens is 226 g/mol. The van der Waals surface area contributed by atoms with Crippen molar-refractivity contribution in [3.8, 4) is 0 Å². The van der Waals surface area contributed by atoms with Gasteiger partial charge in [-0.3, -0.25) is 9.89 Å². The van der Waals surface area contributed by atoms with E-state index in [1.165, 1.54) is 6.07 Å². The van der Waals surface area contributed by atoms with Crippen LogP contribution in [0.3, 0.4) is 0 Å². The molecule has 0 atom stereocenters. The topological polar surface area (TPSA) is 104 Å². The third-order valence-electron chi connectivity index (χ3n) is 2.65. The van der Waals surface area contributed by atoms with Gasteiger partial charge in [-0.15, -0.1) is 0 Å². The number of hydrogen-bond acceptors (Lipinski definition) is 4. The molecule has 2 rings (SSSR count). The van der Waals surface area contributed by atoms with Crippen molar-refractivity contribution >= 4 is 17.7 Å². The van der Waals surface area contributed by atoms with Crippen LogP contribution in [0.15, 0.2) is 6.07 Å². The molecule has 0 aliphatic carbocycles. The average Bonchev–Trinajstić information content (AvgIpc) is 2.79. The number of nitrogens with one attached hydrogen (secondary N) is 2. The molecule has 7 heteroatoms. The summed E-state index contributed by atoms with van der Waals surface area (Å²) in [5.74, 6) is -1.10. The highest BCUT2D eigenvalue weighted by Gasteiger charge is 2.22. The Bertz CT molecular complexity index is 423. The molecule has 1 aromatic rings. The fourth-order valence-corrected chi connectivity index (χ4v) is 1.68. The first-order valence-corrected chi connectivity index (χ1v) is 5.34. The van der Waals surface area contributed by atoms with E-state index in [1.54, 1.807) is 0 Å². The van der Waals surface area contributed by atoms with E-state index in [9.17, 15) is 9.59 Å². The van der Waals surface area contributed by atoms with E-state index < -0.39 is 5.97 Å². The summed E-state index contributed by atoms with van der Waals surface area (Å²) in [5, 5.41) is 17.3. The minimum absolute atomic E-state index is 0.0488. The summed E-state index contributed by atoms with van der Waals surface area (Å²) in [7, 11) is 0. The SMILES string of the molecule is O=C(O)c1cc(NC(=O)C2CCOCC2)n[nH]1. The lowest BCUT2D eigenvalue weighted by molar-refractivity contribution is -0.122. The second-order valence-electron chi connectivity index (χ2n) is 3.85. The molecule has 2 heterocycles. The highest BCUT2D eigenvalue weighted by Crippen LogP contribution is 2.17. The second kappa shape index (κ2) is 4.96. The zero-order valence-corrected chi connectivity index (χ0v) is 9.10. The van der Waals surface area contributed by atoms with E-state index in [4.69, 9.17) is 9.84 Å². The first-order valence-electron chi connectivity index (χ1n) is 5.34. The summed E-state index contributed by atoms with van der Waals surface area (Å²) in [5.41, 5.74) is -0.0488. The van der Waals surface area contributed by atoms with Crippen molar-refractivity contribution in [2.75, 3.05) is 18.5 Å². The lowest BCUT2D eigenvalue weighted by Crippen LogP contribution is -2.28. The summed E-state index contributed by atoms with van der Waals surface area (Å²) in [6.45, 7) is 1.16.